The van der Waals surface area contributed by atoms with Gasteiger partial charge in [0, 0.05) is 29.5 Å². The van der Waals surface area contributed by atoms with E-state index in [9.17, 15) is 4.79 Å². The van der Waals surface area contributed by atoms with Crippen molar-refractivity contribution in [3.63, 3.8) is 0 Å². The summed E-state index contributed by atoms with van der Waals surface area (Å²) in [4.78, 5) is 16.4. The number of carbonyl (C=O) groups excluding carboxylic acids is 1. The average Bonchev–Trinajstić information content (AvgIpc) is 3.35. The predicted molar refractivity (Wildman–Crippen MR) is 111 cm³/mol. The van der Waals surface area contributed by atoms with E-state index >= 15 is 0 Å². The minimum Gasteiger partial charge on any atom is -0.497 e. The summed E-state index contributed by atoms with van der Waals surface area (Å²) in [5.41, 5.74) is 3.57. The lowest BCUT2D eigenvalue weighted by Crippen LogP contribution is -2.10. The lowest BCUT2D eigenvalue weighted by atomic mass is 10.1. The van der Waals surface area contributed by atoms with Gasteiger partial charge in [0.1, 0.15) is 11.6 Å². The highest BCUT2D eigenvalue weighted by Crippen LogP contribution is 2.29. The molecule has 1 N–H and O–H groups in total. The SMILES string of the molecule is COc1ccc(-c2cc(NC(C)=O)n(-c3nc(-c4ccccc4)cs3)n2)cc1. The van der Waals surface area contributed by atoms with Crippen LogP contribution >= 0.6 is 11.3 Å². The third-order valence-corrected chi connectivity index (χ3v) is 4.96. The second kappa shape index (κ2) is 7.66. The second-order valence-electron chi connectivity index (χ2n) is 6.12. The van der Waals surface area contributed by atoms with Gasteiger partial charge in [-0.25, -0.2) is 4.98 Å². The first-order valence-electron chi connectivity index (χ1n) is 8.67. The molecule has 0 bridgehead atoms. The van der Waals surface area contributed by atoms with E-state index in [1.165, 1.54) is 18.3 Å². The highest BCUT2D eigenvalue weighted by molar-refractivity contribution is 7.12. The zero-order valence-corrected chi connectivity index (χ0v) is 16.2. The molecule has 2 aromatic heterocycles. The standard InChI is InChI=1S/C21H18N4O2S/c1-14(26)22-20-12-18(16-8-10-17(27-2)11-9-16)24-25(20)21-23-19(13-28-21)15-6-4-3-5-7-15/h3-13H,1-2H3,(H,22,26). The summed E-state index contributed by atoms with van der Waals surface area (Å²) in [6.45, 7) is 1.47. The normalized spacial score (nSPS) is 10.6. The Bertz CT molecular complexity index is 1100. The molecular formula is C21H18N4O2S. The van der Waals surface area contributed by atoms with Crippen molar-refractivity contribution in [2.24, 2.45) is 0 Å². The van der Waals surface area contributed by atoms with Crippen molar-refractivity contribution in [1.82, 2.24) is 14.8 Å². The molecule has 0 atom stereocenters. The minimum atomic E-state index is -0.165. The summed E-state index contributed by atoms with van der Waals surface area (Å²) >= 11 is 1.47. The number of aromatic nitrogens is 3. The molecule has 0 fully saturated rings. The third kappa shape index (κ3) is 3.65. The number of anilines is 1. The number of nitrogens with one attached hydrogen (secondary N) is 1. The topological polar surface area (TPSA) is 69.0 Å². The zero-order chi connectivity index (χ0) is 19.5. The Morgan fingerprint density at radius 1 is 1.04 bits per heavy atom. The molecule has 4 aromatic rings. The van der Waals surface area contributed by atoms with E-state index in [4.69, 9.17) is 9.72 Å². The molecule has 0 radical (unpaired) electrons. The van der Waals surface area contributed by atoms with Gasteiger partial charge >= 0.3 is 0 Å². The van der Waals surface area contributed by atoms with E-state index in [0.29, 0.717) is 10.9 Å². The highest BCUT2D eigenvalue weighted by atomic mass is 32.1. The van der Waals surface area contributed by atoms with Gasteiger partial charge in [0.15, 0.2) is 0 Å². The van der Waals surface area contributed by atoms with Crippen molar-refractivity contribution in [1.29, 1.82) is 0 Å². The van der Waals surface area contributed by atoms with Gasteiger partial charge in [-0.2, -0.15) is 9.78 Å². The first kappa shape index (κ1) is 17.9. The molecule has 7 heteroatoms. The largest absolute Gasteiger partial charge is 0.497 e. The number of benzene rings is 2. The Labute approximate surface area is 166 Å². The van der Waals surface area contributed by atoms with Crippen LogP contribution in [0.3, 0.4) is 0 Å². The third-order valence-electron chi connectivity index (χ3n) is 4.14. The Balaban J connectivity index is 1.74. The molecule has 1 amide bonds. The fraction of sp³-hybridized carbons (Fsp3) is 0.0952. The van der Waals surface area contributed by atoms with Gasteiger partial charge in [-0.15, -0.1) is 11.3 Å². The van der Waals surface area contributed by atoms with Crippen LogP contribution < -0.4 is 10.1 Å². The highest BCUT2D eigenvalue weighted by Gasteiger charge is 2.15. The molecule has 0 saturated carbocycles. The summed E-state index contributed by atoms with van der Waals surface area (Å²) in [5.74, 6) is 1.19. The van der Waals surface area contributed by atoms with Crippen molar-refractivity contribution < 1.29 is 9.53 Å². The van der Waals surface area contributed by atoms with Crippen LogP contribution in [-0.4, -0.2) is 27.8 Å². The smallest absolute Gasteiger partial charge is 0.222 e. The van der Waals surface area contributed by atoms with Gasteiger partial charge in [0.05, 0.1) is 18.5 Å². The van der Waals surface area contributed by atoms with Gasteiger partial charge in [-0.3, -0.25) is 4.79 Å². The van der Waals surface area contributed by atoms with Crippen molar-refractivity contribution in [3.8, 4) is 33.4 Å². The Hall–Kier alpha value is -3.45. The first-order chi connectivity index (χ1) is 13.6. The van der Waals surface area contributed by atoms with Crippen LogP contribution in [0.15, 0.2) is 66.0 Å². The molecule has 2 heterocycles. The summed E-state index contributed by atoms with van der Waals surface area (Å²) in [7, 11) is 1.63. The van der Waals surface area contributed by atoms with E-state index < -0.39 is 0 Å². The number of rotatable bonds is 5. The van der Waals surface area contributed by atoms with E-state index in [-0.39, 0.29) is 5.91 Å². The fourth-order valence-electron chi connectivity index (χ4n) is 2.80. The summed E-state index contributed by atoms with van der Waals surface area (Å²) in [6.07, 6.45) is 0. The lowest BCUT2D eigenvalue weighted by Gasteiger charge is -2.03. The fourth-order valence-corrected chi connectivity index (χ4v) is 3.60. The molecule has 0 saturated heterocycles. The molecule has 28 heavy (non-hydrogen) atoms. The number of nitrogens with zero attached hydrogens (tertiary/aromatic N) is 3. The molecule has 6 nitrogen and oxygen atoms in total. The molecule has 0 aliphatic carbocycles. The summed E-state index contributed by atoms with van der Waals surface area (Å²) in [6, 6.07) is 19.4. The zero-order valence-electron chi connectivity index (χ0n) is 15.4. The number of methoxy groups -OCH3 is 1. The minimum absolute atomic E-state index is 0.165. The van der Waals surface area contributed by atoms with Crippen LogP contribution in [0.1, 0.15) is 6.92 Å². The maximum absolute atomic E-state index is 11.7. The van der Waals surface area contributed by atoms with Crippen molar-refractivity contribution in [2.45, 2.75) is 6.92 Å². The molecule has 0 aliphatic rings. The van der Waals surface area contributed by atoms with Crippen LogP contribution in [-0.2, 0) is 4.79 Å². The van der Waals surface area contributed by atoms with E-state index in [0.717, 1.165) is 28.3 Å². The maximum atomic E-state index is 11.7. The van der Waals surface area contributed by atoms with Crippen molar-refractivity contribution in [3.05, 3.63) is 66.0 Å². The number of hydrogen-bond acceptors (Lipinski definition) is 5. The summed E-state index contributed by atoms with van der Waals surface area (Å²) in [5, 5.41) is 10.2. The van der Waals surface area contributed by atoms with Gasteiger partial charge in [-0.1, -0.05) is 30.3 Å². The van der Waals surface area contributed by atoms with E-state index in [2.05, 4.69) is 10.4 Å². The molecule has 0 unspecified atom stereocenters. The van der Waals surface area contributed by atoms with Gasteiger partial charge in [0.25, 0.3) is 0 Å². The molecule has 0 spiro atoms. The first-order valence-corrected chi connectivity index (χ1v) is 9.55. The molecular weight excluding hydrogens is 372 g/mol. The lowest BCUT2D eigenvalue weighted by molar-refractivity contribution is -0.114. The van der Waals surface area contributed by atoms with Crippen molar-refractivity contribution in [2.75, 3.05) is 12.4 Å². The van der Waals surface area contributed by atoms with Crippen LogP contribution in [0.2, 0.25) is 0 Å². The average molecular weight is 390 g/mol. The number of amides is 1. The van der Waals surface area contributed by atoms with E-state index in [1.54, 1.807) is 11.8 Å². The molecule has 4 rings (SSSR count). The number of thiazole rings is 1. The van der Waals surface area contributed by atoms with Crippen LogP contribution in [0, 0.1) is 0 Å². The Kier molecular flexibility index (Phi) is 4.90. The van der Waals surface area contributed by atoms with E-state index in [1.807, 2.05) is 66.0 Å². The predicted octanol–water partition coefficient (Wildman–Crippen LogP) is 4.63. The van der Waals surface area contributed by atoms with Gasteiger partial charge in [-0.05, 0) is 24.3 Å². The maximum Gasteiger partial charge on any atom is 0.222 e. The Morgan fingerprint density at radius 3 is 2.43 bits per heavy atom. The number of carbonyl (C=O) groups is 1. The summed E-state index contributed by atoms with van der Waals surface area (Å²) < 4.78 is 6.87. The van der Waals surface area contributed by atoms with Crippen LogP contribution in [0.4, 0.5) is 5.82 Å². The van der Waals surface area contributed by atoms with Crippen LogP contribution in [0.5, 0.6) is 5.75 Å². The monoisotopic (exact) mass is 390 g/mol. The van der Waals surface area contributed by atoms with Gasteiger partial charge < -0.3 is 10.1 Å². The molecule has 140 valence electrons. The second-order valence-corrected chi connectivity index (χ2v) is 6.95. The number of hydrogen-bond donors (Lipinski definition) is 1. The number of ether oxygens (including phenoxy) is 1. The Morgan fingerprint density at radius 2 is 1.75 bits per heavy atom. The molecule has 0 aliphatic heterocycles. The molecule has 2 aromatic carbocycles. The van der Waals surface area contributed by atoms with Gasteiger partial charge in [0.2, 0.25) is 11.0 Å². The van der Waals surface area contributed by atoms with Crippen LogP contribution in [0.25, 0.3) is 27.6 Å². The quantitative estimate of drug-likeness (QED) is 0.539. The van der Waals surface area contributed by atoms with Crippen molar-refractivity contribution >= 4 is 23.1 Å².